The largest absolute Gasteiger partial charge is 0.492 e. The molecule has 1 aliphatic rings. The lowest BCUT2D eigenvalue weighted by Gasteiger charge is -2.35. The van der Waals surface area contributed by atoms with Crippen LogP contribution in [-0.4, -0.2) is 24.1 Å². The monoisotopic (exact) mass is 248 g/mol. The van der Waals surface area contributed by atoms with Crippen molar-refractivity contribution in [2.75, 3.05) is 11.5 Å². The maximum atomic E-state index is 12.1. The number of amides is 1. The van der Waals surface area contributed by atoms with Crippen LogP contribution in [0.4, 0.5) is 5.69 Å². The zero-order valence-electron chi connectivity index (χ0n) is 11.1. The van der Waals surface area contributed by atoms with E-state index in [9.17, 15) is 4.79 Å². The van der Waals surface area contributed by atoms with Gasteiger partial charge in [-0.05, 0) is 32.9 Å². The number of rotatable bonds is 3. The molecule has 1 saturated heterocycles. The van der Waals surface area contributed by atoms with Gasteiger partial charge in [-0.1, -0.05) is 12.1 Å². The molecule has 0 aliphatic carbocycles. The number of hydrogen-bond acceptors (Lipinski definition) is 3. The van der Waals surface area contributed by atoms with E-state index in [1.165, 1.54) is 0 Å². The fourth-order valence-electron chi connectivity index (χ4n) is 2.38. The van der Waals surface area contributed by atoms with Crippen LogP contribution in [0, 0.1) is 0 Å². The van der Waals surface area contributed by atoms with Crippen molar-refractivity contribution in [3.8, 4) is 5.75 Å². The van der Waals surface area contributed by atoms with Gasteiger partial charge in [0, 0.05) is 12.5 Å². The van der Waals surface area contributed by atoms with E-state index in [1.54, 1.807) is 4.90 Å². The highest BCUT2D eigenvalue weighted by molar-refractivity contribution is 5.99. The molecule has 1 amide bonds. The van der Waals surface area contributed by atoms with Gasteiger partial charge in [0.2, 0.25) is 5.91 Å². The van der Waals surface area contributed by atoms with E-state index in [1.807, 2.05) is 45.0 Å². The second kappa shape index (κ2) is 4.61. The molecule has 2 rings (SSSR count). The van der Waals surface area contributed by atoms with E-state index in [-0.39, 0.29) is 17.5 Å². The van der Waals surface area contributed by atoms with Gasteiger partial charge in [-0.15, -0.1) is 0 Å². The van der Waals surface area contributed by atoms with E-state index in [4.69, 9.17) is 10.5 Å². The third-order valence-electron chi connectivity index (χ3n) is 3.53. The number of carbonyl (C=O) groups is 1. The zero-order valence-corrected chi connectivity index (χ0v) is 11.1. The summed E-state index contributed by atoms with van der Waals surface area (Å²) >= 11 is 0. The molecule has 0 aromatic heterocycles. The molecule has 0 spiro atoms. The molecule has 98 valence electrons. The molecule has 18 heavy (non-hydrogen) atoms. The first-order valence-electron chi connectivity index (χ1n) is 6.29. The minimum atomic E-state index is -0.385. The van der Waals surface area contributed by atoms with Gasteiger partial charge in [0.1, 0.15) is 5.75 Å². The minimum absolute atomic E-state index is 0.0552. The summed E-state index contributed by atoms with van der Waals surface area (Å²) in [7, 11) is 0. The summed E-state index contributed by atoms with van der Waals surface area (Å²) in [5.41, 5.74) is 6.47. The summed E-state index contributed by atoms with van der Waals surface area (Å²) < 4.78 is 5.59. The average Bonchev–Trinajstić information content (AvgIpc) is 2.50. The van der Waals surface area contributed by atoms with Crippen molar-refractivity contribution in [1.82, 2.24) is 0 Å². The van der Waals surface area contributed by atoms with Crippen LogP contribution in [0.1, 0.15) is 27.2 Å². The summed E-state index contributed by atoms with van der Waals surface area (Å²) in [6, 6.07) is 7.45. The Bertz CT molecular complexity index is 457. The Balaban J connectivity index is 2.45. The van der Waals surface area contributed by atoms with Crippen LogP contribution in [0.15, 0.2) is 24.3 Å². The first-order chi connectivity index (χ1) is 8.48. The van der Waals surface area contributed by atoms with Crippen LogP contribution in [0.5, 0.6) is 5.75 Å². The zero-order chi connectivity index (χ0) is 13.3. The second-order valence-electron chi connectivity index (χ2n) is 5.09. The highest BCUT2D eigenvalue weighted by Crippen LogP contribution is 2.38. The van der Waals surface area contributed by atoms with E-state index >= 15 is 0 Å². The summed E-state index contributed by atoms with van der Waals surface area (Å²) in [4.78, 5) is 13.9. The SMILES string of the molecule is CCOc1ccccc1N1C(=O)CC(N)C1(C)C. The Hall–Kier alpha value is -1.55. The van der Waals surface area contributed by atoms with E-state index < -0.39 is 0 Å². The lowest BCUT2D eigenvalue weighted by molar-refractivity contribution is -0.117. The standard InChI is InChI=1S/C14H20N2O2/c1-4-18-11-8-6-5-7-10(11)16-13(17)9-12(15)14(16,2)3/h5-8,12H,4,9,15H2,1-3H3. The van der Waals surface area contributed by atoms with Gasteiger partial charge >= 0.3 is 0 Å². The minimum Gasteiger partial charge on any atom is -0.492 e. The summed E-state index contributed by atoms with van der Waals surface area (Å²) in [5.74, 6) is 0.787. The predicted octanol–water partition coefficient (Wildman–Crippen LogP) is 1.93. The topological polar surface area (TPSA) is 55.6 Å². The molecule has 1 aliphatic heterocycles. The molecule has 1 atom stereocenters. The molecule has 4 nitrogen and oxygen atoms in total. The summed E-state index contributed by atoms with van der Waals surface area (Å²) in [6.07, 6.45) is 0.382. The summed E-state index contributed by atoms with van der Waals surface area (Å²) in [6.45, 7) is 6.49. The first kappa shape index (κ1) is 12.9. The van der Waals surface area contributed by atoms with Crippen LogP contribution in [-0.2, 0) is 4.79 Å². The first-order valence-corrected chi connectivity index (χ1v) is 6.29. The third-order valence-corrected chi connectivity index (χ3v) is 3.53. The van der Waals surface area contributed by atoms with E-state index in [2.05, 4.69) is 0 Å². The molecule has 1 heterocycles. The highest BCUT2D eigenvalue weighted by atomic mass is 16.5. The van der Waals surface area contributed by atoms with Crippen LogP contribution < -0.4 is 15.4 Å². The van der Waals surface area contributed by atoms with Gasteiger partial charge in [-0.25, -0.2) is 0 Å². The Morgan fingerprint density at radius 2 is 2.11 bits per heavy atom. The predicted molar refractivity (Wildman–Crippen MR) is 71.8 cm³/mol. The normalized spacial score (nSPS) is 22.3. The molecule has 1 aromatic rings. The third kappa shape index (κ3) is 1.97. The molecule has 4 heteroatoms. The number of benzene rings is 1. The van der Waals surface area contributed by atoms with Crippen LogP contribution in [0.25, 0.3) is 0 Å². The Kier molecular flexibility index (Phi) is 3.30. The Morgan fingerprint density at radius 1 is 1.44 bits per heavy atom. The molecule has 2 N–H and O–H groups in total. The number of nitrogens with two attached hydrogens (primary N) is 1. The second-order valence-corrected chi connectivity index (χ2v) is 5.09. The molecule has 0 radical (unpaired) electrons. The molecule has 0 bridgehead atoms. The van der Waals surface area contributed by atoms with Crippen molar-refractivity contribution in [2.45, 2.75) is 38.8 Å². The summed E-state index contributed by atoms with van der Waals surface area (Å²) in [5, 5.41) is 0. The molecule has 1 aromatic carbocycles. The van der Waals surface area contributed by atoms with E-state index in [0.717, 1.165) is 11.4 Å². The van der Waals surface area contributed by atoms with Crippen molar-refractivity contribution in [3.63, 3.8) is 0 Å². The van der Waals surface area contributed by atoms with Gasteiger partial charge < -0.3 is 15.4 Å². The molecular weight excluding hydrogens is 228 g/mol. The number of anilines is 1. The number of ether oxygens (including phenoxy) is 1. The van der Waals surface area contributed by atoms with E-state index in [0.29, 0.717) is 13.0 Å². The maximum Gasteiger partial charge on any atom is 0.229 e. The lowest BCUT2D eigenvalue weighted by atomic mass is 9.96. The lowest BCUT2D eigenvalue weighted by Crippen LogP contribution is -2.49. The highest BCUT2D eigenvalue weighted by Gasteiger charge is 2.45. The van der Waals surface area contributed by atoms with Gasteiger partial charge in [0.25, 0.3) is 0 Å². The molecule has 0 saturated carbocycles. The molecular formula is C14H20N2O2. The fourth-order valence-corrected chi connectivity index (χ4v) is 2.38. The quantitative estimate of drug-likeness (QED) is 0.889. The molecule has 1 fully saturated rings. The Labute approximate surface area is 108 Å². The van der Waals surface area contributed by atoms with Crippen LogP contribution >= 0.6 is 0 Å². The van der Waals surface area contributed by atoms with Gasteiger partial charge in [-0.3, -0.25) is 4.79 Å². The van der Waals surface area contributed by atoms with Crippen molar-refractivity contribution >= 4 is 11.6 Å². The van der Waals surface area contributed by atoms with Crippen molar-refractivity contribution in [1.29, 1.82) is 0 Å². The number of hydrogen-bond donors (Lipinski definition) is 1. The van der Waals surface area contributed by atoms with Gasteiger partial charge in [-0.2, -0.15) is 0 Å². The number of carbonyl (C=O) groups excluding carboxylic acids is 1. The maximum absolute atomic E-state index is 12.1. The molecule has 1 unspecified atom stereocenters. The van der Waals surface area contributed by atoms with Gasteiger partial charge in [0.15, 0.2) is 0 Å². The average molecular weight is 248 g/mol. The number of nitrogens with zero attached hydrogens (tertiary/aromatic N) is 1. The smallest absolute Gasteiger partial charge is 0.229 e. The van der Waals surface area contributed by atoms with Crippen molar-refractivity contribution < 1.29 is 9.53 Å². The Morgan fingerprint density at radius 3 is 2.67 bits per heavy atom. The number of para-hydroxylation sites is 2. The van der Waals surface area contributed by atoms with Gasteiger partial charge in [0.05, 0.1) is 17.8 Å². The fraction of sp³-hybridized carbons (Fsp3) is 0.500. The van der Waals surface area contributed by atoms with Crippen molar-refractivity contribution in [2.24, 2.45) is 5.73 Å². The van der Waals surface area contributed by atoms with Crippen LogP contribution in [0.3, 0.4) is 0 Å². The van der Waals surface area contributed by atoms with Crippen molar-refractivity contribution in [3.05, 3.63) is 24.3 Å². The van der Waals surface area contributed by atoms with Crippen LogP contribution in [0.2, 0.25) is 0 Å².